The van der Waals surface area contributed by atoms with Gasteiger partial charge in [0, 0.05) is 32.3 Å². The molecule has 1 rings (SSSR count). The van der Waals surface area contributed by atoms with E-state index >= 15 is 0 Å². The summed E-state index contributed by atoms with van der Waals surface area (Å²) in [5.74, 6) is -0.294. The molecule has 0 fully saturated rings. The number of nitrogens with zero attached hydrogens (tertiary/aromatic N) is 3. The van der Waals surface area contributed by atoms with E-state index in [0.717, 1.165) is 28.6 Å². The number of nitro benzene ring substituents is 1. The predicted molar refractivity (Wildman–Crippen MR) is 80.8 cm³/mol. The van der Waals surface area contributed by atoms with E-state index in [0.29, 0.717) is 13.1 Å². The molecule has 0 N–H and O–H groups in total. The molecule has 0 heterocycles. The Morgan fingerprint density at radius 2 is 1.68 bits per heavy atom. The van der Waals surface area contributed by atoms with E-state index in [4.69, 9.17) is 0 Å². The van der Waals surface area contributed by atoms with Crippen LogP contribution in [-0.4, -0.2) is 55.1 Å². The summed E-state index contributed by atoms with van der Waals surface area (Å²) in [6.45, 7) is 4.35. The van der Waals surface area contributed by atoms with Gasteiger partial charge in [-0.25, -0.2) is 8.42 Å². The smallest absolute Gasteiger partial charge is 0.269 e. The third kappa shape index (κ3) is 4.01. The van der Waals surface area contributed by atoms with Crippen LogP contribution < -0.4 is 0 Å². The van der Waals surface area contributed by atoms with Crippen molar-refractivity contribution in [1.82, 2.24) is 9.21 Å². The highest BCUT2D eigenvalue weighted by Gasteiger charge is 2.25. The van der Waals surface area contributed by atoms with Crippen LogP contribution in [-0.2, 0) is 14.8 Å². The first-order valence-corrected chi connectivity index (χ1v) is 8.16. The SMILES string of the molecule is CCN(CC)C(=O)CN(C)S(=O)(=O)c1ccc([N+](=O)[O-])cc1. The van der Waals surface area contributed by atoms with Crippen molar-refractivity contribution in [1.29, 1.82) is 0 Å². The van der Waals surface area contributed by atoms with Crippen molar-refractivity contribution in [3.8, 4) is 0 Å². The summed E-state index contributed by atoms with van der Waals surface area (Å²) in [5.41, 5.74) is -0.194. The Morgan fingerprint density at radius 3 is 2.09 bits per heavy atom. The van der Waals surface area contributed by atoms with Crippen LogP contribution in [0, 0.1) is 10.1 Å². The second kappa shape index (κ2) is 7.32. The average Bonchev–Trinajstić information content (AvgIpc) is 2.48. The number of likely N-dealkylation sites (N-methyl/N-ethyl adjacent to an activating group) is 2. The minimum atomic E-state index is -3.86. The van der Waals surface area contributed by atoms with Gasteiger partial charge >= 0.3 is 0 Å². The molecule has 0 bridgehead atoms. The fraction of sp³-hybridized carbons (Fsp3) is 0.462. The summed E-state index contributed by atoms with van der Waals surface area (Å²) in [7, 11) is -2.56. The number of rotatable bonds is 7. The van der Waals surface area contributed by atoms with E-state index in [-0.39, 0.29) is 23.0 Å². The number of hydrogen-bond acceptors (Lipinski definition) is 5. The van der Waals surface area contributed by atoms with Crippen molar-refractivity contribution < 1.29 is 18.1 Å². The van der Waals surface area contributed by atoms with Crippen LogP contribution >= 0.6 is 0 Å². The average molecular weight is 329 g/mol. The molecule has 0 unspecified atom stereocenters. The van der Waals surface area contributed by atoms with Crippen molar-refractivity contribution in [3.05, 3.63) is 34.4 Å². The molecule has 1 amide bonds. The molecule has 122 valence electrons. The monoisotopic (exact) mass is 329 g/mol. The molecule has 0 radical (unpaired) electrons. The normalized spacial score (nSPS) is 11.5. The fourth-order valence-electron chi connectivity index (χ4n) is 1.87. The van der Waals surface area contributed by atoms with E-state index in [1.807, 2.05) is 13.8 Å². The van der Waals surface area contributed by atoms with Crippen LogP contribution in [0.1, 0.15) is 13.8 Å². The number of sulfonamides is 1. The lowest BCUT2D eigenvalue weighted by atomic mass is 10.3. The van der Waals surface area contributed by atoms with Crippen LogP contribution in [0.15, 0.2) is 29.2 Å². The summed E-state index contributed by atoms with van der Waals surface area (Å²) in [6.07, 6.45) is 0. The molecular weight excluding hydrogens is 310 g/mol. The summed E-state index contributed by atoms with van der Waals surface area (Å²) in [4.78, 5) is 23.4. The number of benzene rings is 1. The summed E-state index contributed by atoms with van der Waals surface area (Å²) >= 11 is 0. The predicted octanol–water partition coefficient (Wildman–Crippen LogP) is 1.08. The Labute approximate surface area is 129 Å². The van der Waals surface area contributed by atoms with Crippen LogP contribution in [0.4, 0.5) is 5.69 Å². The van der Waals surface area contributed by atoms with Crippen LogP contribution in [0.3, 0.4) is 0 Å². The van der Waals surface area contributed by atoms with Gasteiger partial charge in [0.15, 0.2) is 0 Å². The Balaban J connectivity index is 2.93. The Kier molecular flexibility index (Phi) is 6.01. The number of nitro groups is 1. The molecule has 8 nitrogen and oxygen atoms in total. The van der Waals surface area contributed by atoms with Gasteiger partial charge in [-0.15, -0.1) is 0 Å². The van der Waals surface area contributed by atoms with Gasteiger partial charge in [-0.1, -0.05) is 0 Å². The Hall–Kier alpha value is -2.00. The first kappa shape index (κ1) is 18.1. The van der Waals surface area contributed by atoms with E-state index in [9.17, 15) is 23.3 Å². The van der Waals surface area contributed by atoms with Gasteiger partial charge in [-0.3, -0.25) is 14.9 Å². The van der Waals surface area contributed by atoms with E-state index in [1.54, 1.807) is 0 Å². The highest BCUT2D eigenvalue weighted by Crippen LogP contribution is 2.18. The molecule has 1 aromatic carbocycles. The zero-order valence-electron chi connectivity index (χ0n) is 12.7. The quantitative estimate of drug-likeness (QED) is 0.550. The van der Waals surface area contributed by atoms with Crippen molar-refractivity contribution in [3.63, 3.8) is 0 Å². The van der Waals surface area contributed by atoms with Crippen LogP contribution in [0.2, 0.25) is 0 Å². The van der Waals surface area contributed by atoms with Gasteiger partial charge in [0.2, 0.25) is 15.9 Å². The zero-order chi connectivity index (χ0) is 16.9. The first-order valence-electron chi connectivity index (χ1n) is 6.72. The molecular formula is C13H19N3O5S. The van der Waals surface area contributed by atoms with Gasteiger partial charge in [-0.2, -0.15) is 4.31 Å². The van der Waals surface area contributed by atoms with E-state index in [1.165, 1.54) is 11.9 Å². The summed E-state index contributed by atoms with van der Waals surface area (Å²) in [6, 6.07) is 4.55. The summed E-state index contributed by atoms with van der Waals surface area (Å²) < 4.78 is 25.6. The molecule has 0 aliphatic heterocycles. The molecule has 9 heteroatoms. The lowest BCUT2D eigenvalue weighted by molar-refractivity contribution is -0.384. The maximum absolute atomic E-state index is 12.3. The van der Waals surface area contributed by atoms with Crippen LogP contribution in [0.25, 0.3) is 0 Å². The van der Waals surface area contributed by atoms with Crippen molar-refractivity contribution >= 4 is 21.6 Å². The molecule has 0 aliphatic rings. The molecule has 0 atom stereocenters. The molecule has 0 aliphatic carbocycles. The molecule has 0 saturated carbocycles. The molecule has 1 aromatic rings. The van der Waals surface area contributed by atoms with Gasteiger partial charge in [-0.05, 0) is 26.0 Å². The molecule has 0 aromatic heterocycles. The lowest BCUT2D eigenvalue weighted by Gasteiger charge is -2.22. The minimum Gasteiger partial charge on any atom is -0.342 e. The molecule has 0 spiro atoms. The number of hydrogen-bond donors (Lipinski definition) is 0. The van der Waals surface area contributed by atoms with Gasteiger partial charge in [0.25, 0.3) is 5.69 Å². The lowest BCUT2D eigenvalue weighted by Crippen LogP contribution is -2.40. The van der Waals surface area contributed by atoms with Crippen molar-refractivity contribution in [2.75, 3.05) is 26.7 Å². The third-order valence-corrected chi connectivity index (χ3v) is 5.05. The van der Waals surface area contributed by atoms with E-state index < -0.39 is 14.9 Å². The second-order valence-corrected chi connectivity index (χ2v) is 6.62. The fourth-order valence-corrected chi connectivity index (χ4v) is 2.99. The number of non-ortho nitro benzene ring substituents is 1. The topological polar surface area (TPSA) is 101 Å². The number of carbonyl (C=O) groups is 1. The minimum absolute atomic E-state index is 0.0899. The van der Waals surface area contributed by atoms with Crippen molar-refractivity contribution in [2.24, 2.45) is 0 Å². The van der Waals surface area contributed by atoms with Gasteiger partial charge < -0.3 is 4.90 Å². The second-order valence-electron chi connectivity index (χ2n) is 4.58. The Bertz CT molecular complexity index is 638. The van der Waals surface area contributed by atoms with Crippen LogP contribution in [0.5, 0.6) is 0 Å². The number of carbonyl (C=O) groups excluding carboxylic acids is 1. The zero-order valence-corrected chi connectivity index (χ0v) is 13.5. The highest BCUT2D eigenvalue weighted by atomic mass is 32.2. The largest absolute Gasteiger partial charge is 0.342 e. The molecule has 0 saturated heterocycles. The third-order valence-electron chi connectivity index (χ3n) is 3.23. The van der Waals surface area contributed by atoms with Crippen molar-refractivity contribution in [2.45, 2.75) is 18.7 Å². The number of amides is 1. The first-order chi connectivity index (χ1) is 10.2. The Morgan fingerprint density at radius 1 is 1.18 bits per heavy atom. The van der Waals surface area contributed by atoms with Gasteiger partial charge in [0.1, 0.15) is 0 Å². The van der Waals surface area contributed by atoms with E-state index in [2.05, 4.69) is 0 Å². The summed E-state index contributed by atoms with van der Waals surface area (Å²) in [5, 5.41) is 10.6. The molecule has 22 heavy (non-hydrogen) atoms. The standard InChI is InChI=1S/C13H19N3O5S/c1-4-15(5-2)13(17)10-14(3)22(20,21)12-8-6-11(7-9-12)16(18)19/h6-9H,4-5,10H2,1-3H3. The maximum Gasteiger partial charge on any atom is 0.269 e. The highest BCUT2D eigenvalue weighted by molar-refractivity contribution is 7.89. The maximum atomic E-state index is 12.3. The van der Waals surface area contributed by atoms with Gasteiger partial charge in [0.05, 0.1) is 16.4 Å².